The number of hydrogen-bond acceptors (Lipinski definition) is 12. The van der Waals surface area contributed by atoms with Gasteiger partial charge in [-0.1, -0.05) is 0 Å². The van der Waals surface area contributed by atoms with Gasteiger partial charge in [0.05, 0.1) is 38.2 Å². The van der Waals surface area contributed by atoms with Crippen LogP contribution in [0, 0.1) is 0 Å². The fourth-order valence-electron chi connectivity index (χ4n) is 2.65. The molecule has 31 heavy (non-hydrogen) atoms. The van der Waals surface area contributed by atoms with E-state index in [2.05, 4.69) is 18.9 Å². The molecule has 2 rings (SSSR count). The van der Waals surface area contributed by atoms with E-state index in [9.17, 15) is 27.6 Å². The molecule has 0 saturated carbocycles. The van der Waals surface area contributed by atoms with Crippen molar-refractivity contribution in [3.05, 3.63) is 42.9 Å². The maximum atomic E-state index is 13.7. The maximum absolute atomic E-state index is 13.7. The smallest absolute Gasteiger partial charge is 0.345 e. The number of rotatable bonds is 6. The van der Waals surface area contributed by atoms with Gasteiger partial charge in [0, 0.05) is 23.7 Å². The monoisotopic (exact) mass is 490 g/mol. The number of esters is 4. The average molecular weight is 491 g/mol. The highest BCUT2D eigenvalue weighted by Crippen LogP contribution is 2.47. The number of thioether (sulfide) groups is 2. The molecular formula is C18H18O10S3. The zero-order valence-electron chi connectivity index (χ0n) is 16.9. The zero-order valence-corrected chi connectivity index (χ0v) is 19.3. The van der Waals surface area contributed by atoms with Gasteiger partial charge in [-0.25, -0.2) is 27.6 Å². The molecule has 0 aromatic carbocycles. The van der Waals surface area contributed by atoms with Crippen LogP contribution in [0.1, 0.15) is 0 Å². The third-order valence-corrected chi connectivity index (χ3v) is 8.50. The summed E-state index contributed by atoms with van der Waals surface area (Å²) in [5.74, 6) is -3.58. The molecule has 0 radical (unpaired) electrons. The molecule has 2 aliphatic heterocycles. The Hall–Kier alpha value is -2.51. The average Bonchev–Trinajstić information content (AvgIpc) is 3.37. The number of hydrogen-bond donors (Lipinski definition) is 0. The van der Waals surface area contributed by atoms with E-state index >= 15 is 0 Å². The van der Waals surface area contributed by atoms with Crippen LogP contribution in [-0.4, -0.2) is 72.2 Å². The third-order valence-electron chi connectivity index (χ3n) is 4.01. The molecule has 0 saturated heterocycles. The molecule has 0 atom stereocenters. The third kappa shape index (κ3) is 5.05. The van der Waals surface area contributed by atoms with Crippen molar-refractivity contribution in [1.82, 2.24) is 0 Å². The molecule has 13 heteroatoms. The van der Waals surface area contributed by atoms with Gasteiger partial charge in [0.25, 0.3) is 0 Å². The Labute approximate surface area is 186 Å². The topological polar surface area (TPSA) is 139 Å². The molecule has 0 aliphatic carbocycles. The molecule has 2 heterocycles. The molecule has 2 aliphatic rings. The Kier molecular flexibility index (Phi) is 8.14. The molecule has 168 valence electrons. The Morgan fingerprint density at radius 2 is 1.06 bits per heavy atom. The van der Waals surface area contributed by atoms with Crippen molar-refractivity contribution < 1.29 is 46.5 Å². The lowest BCUT2D eigenvalue weighted by molar-refractivity contribution is -0.136. The quantitative estimate of drug-likeness (QED) is 0.296. The summed E-state index contributed by atoms with van der Waals surface area (Å²) in [6, 6.07) is 0. The summed E-state index contributed by atoms with van der Waals surface area (Å²) in [5, 5.41) is 0. The van der Waals surface area contributed by atoms with Crippen LogP contribution in [-0.2, 0) is 48.0 Å². The van der Waals surface area contributed by atoms with Crippen LogP contribution >= 0.6 is 23.5 Å². The molecule has 0 spiro atoms. The SMILES string of the molecule is COC(=O)C=C1CSC(C(=O)OC)=C1S(=O)(=O)C1=C(C(=O)OC)SCC1=CC(=O)OC. The number of allylic oxidation sites excluding steroid dienone is 2. The first-order chi connectivity index (χ1) is 14.6. The van der Waals surface area contributed by atoms with E-state index < -0.39 is 43.5 Å². The van der Waals surface area contributed by atoms with Gasteiger partial charge in [-0.2, -0.15) is 0 Å². The van der Waals surface area contributed by atoms with Gasteiger partial charge in [-0.15, -0.1) is 23.5 Å². The zero-order chi connectivity index (χ0) is 23.3. The van der Waals surface area contributed by atoms with Crippen molar-refractivity contribution in [3.8, 4) is 0 Å². The molecule has 0 N–H and O–H groups in total. The van der Waals surface area contributed by atoms with Crippen molar-refractivity contribution in [2.75, 3.05) is 39.9 Å². The molecule has 10 nitrogen and oxygen atoms in total. The summed E-state index contributed by atoms with van der Waals surface area (Å²) in [6.45, 7) is 0. The summed E-state index contributed by atoms with van der Waals surface area (Å²) >= 11 is 1.72. The predicted molar refractivity (Wildman–Crippen MR) is 112 cm³/mol. The fraction of sp³-hybridized carbons (Fsp3) is 0.333. The highest BCUT2D eigenvalue weighted by molar-refractivity contribution is 8.09. The van der Waals surface area contributed by atoms with Gasteiger partial charge in [-0.05, 0) is 11.1 Å². The highest BCUT2D eigenvalue weighted by atomic mass is 32.2. The second-order valence-corrected chi connectivity index (χ2v) is 9.56. The van der Waals surface area contributed by atoms with Crippen molar-refractivity contribution in [1.29, 1.82) is 0 Å². The highest BCUT2D eigenvalue weighted by Gasteiger charge is 2.43. The van der Waals surface area contributed by atoms with Crippen LogP contribution in [0.15, 0.2) is 42.9 Å². The molecule has 0 bridgehead atoms. The normalized spacial score (nSPS) is 19.1. The largest absolute Gasteiger partial charge is 0.466 e. The van der Waals surface area contributed by atoms with E-state index in [4.69, 9.17) is 0 Å². The summed E-state index contributed by atoms with van der Waals surface area (Å²) in [4.78, 5) is 46.5. The van der Waals surface area contributed by atoms with E-state index in [1.807, 2.05) is 0 Å². The van der Waals surface area contributed by atoms with E-state index in [1.165, 1.54) is 0 Å². The second-order valence-electron chi connectivity index (χ2n) is 5.77. The predicted octanol–water partition coefficient (Wildman–Crippen LogP) is 0.863. The van der Waals surface area contributed by atoms with Crippen LogP contribution < -0.4 is 0 Å². The van der Waals surface area contributed by atoms with Gasteiger partial charge in [-0.3, -0.25) is 0 Å². The van der Waals surface area contributed by atoms with Crippen LogP contribution in [0.5, 0.6) is 0 Å². The first kappa shape index (κ1) is 24.8. The van der Waals surface area contributed by atoms with Gasteiger partial charge < -0.3 is 18.9 Å². The van der Waals surface area contributed by atoms with E-state index in [0.29, 0.717) is 0 Å². The minimum Gasteiger partial charge on any atom is -0.466 e. The number of carbonyl (C=O) groups is 4. The molecule has 0 fully saturated rings. The van der Waals surface area contributed by atoms with Crippen LogP contribution in [0.25, 0.3) is 0 Å². The number of carbonyl (C=O) groups excluding carboxylic acids is 4. The lowest BCUT2D eigenvalue weighted by atomic mass is 10.2. The summed E-state index contributed by atoms with van der Waals surface area (Å²) in [6.07, 6.45) is 1.89. The molecule has 0 aromatic rings. The molecule has 0 aromatic heterocycles. The van der Waals surface area contributed by atoms with E-state index in [-0.39, 0.29) is 32.5 Å². The fourth-order valence-corrected chi connectivity index (χ4v) is 7.64. The first-order valence-electron chi connectivity index (χ1n) is 8.35. The van der Waals surface area contributed by atoms with Crippen molar-refractivity contribution >= 4 is 57.2 Å². The molecule has 0 unspecified atom stereocenters. The first-order valence-corrected chi connectivity index (χ1v) is 11.8. The van der Waals surface area contributed by atoms with Gasteiger partial charge >= 0.3 is 23.9 Å². The van der Waals surface area contributed by atoms with Gasteiger partial charge in [0.15, 0.2) is 0 Å². The Morgan fingerprint density at radius 1 is 0.710 bits per heavy atom. The number of methoxy groups -OCH3 is 4. The van der Waals surface area contributed by atoms with Crippen molar-refractivity contribution in [2.45, 2.75) is 0 Å². The summed E-state index contributed by atoms with van der Waals surface area (Å²) < 4.78 is 45.9. The van der Waals surface area contributed by atoms with Gasteiger partial charge in [0.1, 0.15) is 9.81 Å². The Balaban J connectivity index is 2.84. The van der Waals surface area contributed by atoms with Gasteiger partial charge in [0.2, 0.25) is 9.84 Å². The minimum absolute atomic E-state index is 0.0108. The van der Waals surface area contributed by atoms with Crippen LogP contribution in [0.2, 0.25) is 0 Å². The Bertz CT molecular complexity index is 982. The Morgan fingerprint density at radius 3 is 1.35 bits per heavy atom. The maximum Gasteiger partial charge on any atom is 0.345 e. The van der Waals surface area contributed by atoms with Crippen molar-refractivity contribution in [3.63, 3.8) is 0 Å². The van der Waals surface area contributed by atoms with Crippen LogP contribution in [0.3, 0.4) is 0 Å². The molecule has 0 amide bonds. The molecular weight excluding hydrogens is 472 g/mol. The lowest BCUT2D eigenvalue weighted by Crippen LogP contribution is -2.17. The second kappa shape index (κ2) is 10.2. The summed E-state index contributed by atoms with van der Waals surface area (Å²) in [7, 11) is -0.203. The number of sulfone groups is 1. The standard InChI is InChI=1S/C18H18O10S3/c1-25-11(19)5-9-7-29-13(17(21)27-3)15(9)31(23,24)16-10(6-12(20)26-2)8-30-14(16)18(22)28-4/h5-6H,7-8H2,1-4H3. The number of ether oxygens (including phenoxy) is 4. The van der Waals surface area contributed by atoms with Crippen molar-refractivity contribution in [2.24, 2.45) is 0 Å². The van der Waals surface area contributed by atoms with Crippen LogP contribution in [0.4, 0.5) is 0 Å². The summed E-state index contributed by atoms with van der Waals surface area (Å²) in [5.41, 5.74) is -0.0217. The lowest BCUT2D eigenvalue weighted by Gasteiger charge is -2.12. The van der Waals surface area contributed by atoms with E-state index in [0.717, 1.165) is 64.1 Å². The minimum atomic E-state index is -4.59. The van der Waals surface area contributed by atoms with E-state index in [1.54, 1.807) is 0 Å².